The van der Waals surface area contributed by atoms with Gasteiger partial charge < -0.3 is 5.73 Å². The number of hydrogen-bond acceptors (Lipinski definition) is 1. The first kappa shape index (κ1) is 15.0. The van der Waals surface area contributed by atoms with Crippen LogP contribution in [0, 0.1) is 5.82 Å². The maximum atomic E-state index is 13.1. The summed E-state index contributed by atoms with van der Waals surface area (Å²) >= 11 is 0. The van der Waals surface area contributed by atoms with Crippen LogP contribution in [0.2, 0.25) is 0 Å². The first-order chi connectivity index (χ1) is 8.36. The highest BCUT2D eigenvalue weighted by molar-refractivity contribution is 5.32. The van der Waals surface area contributed by atoms with Crippen molar-refractivity contribution in [2.75, 3.05) is 0 Å². The maximum Gasteiger partial charge on any atom is 0.416 e. The molecule has 0 heterocycles. The lowest BCUT2D eigenvalue weighted by Crippen LogP contribution is -2.18. The summed E-state index contributed by atoms with van der Waals surface area (Å²) in [7, 11) is 0. The lowest BCUT2D eigenvalue weighted by atomic mass is 9.96. The molecule has 0 aliphatic carbocycles. The molecular formula is C13H17F4N. The number of unbranched alkanes of at least 4 members (excludes halogenated alkanes) is 2. The summed E-state index contributed by atoms with van der Waals surface area (Å²) in [6, 6.07) is 1.68. The molecule has 1 aromatic rings. The van der Waals surface area contributed by atoms with Crippen LogP contribution in [0.3, 0.4) is 0 Å². The van der Waals surface area contributed by atoms with E-state index in [1.165, 1.54) is 0 Å². The number of alkyl halides is 3. The minimum absolute atomic E-state index is 0.154. The second-order valence-corrected chi connectivity index (χ2v) is 4.33. The van der Waals surface area contributed by atoms with Gasteiger partial charge in [0.1, 0.15) is 5.82 Å². The van der Waals surface area contributed by atoms with E-state index in [0.29, 0.717) is 6.42 Å². The van der Waals surface area contributed by atoms with E-state index < -0.39 is 23.6 Å². The van der Waals surface area contributed by atoms with Crippen LogP contribution < -0.4 is 5.73 Å². The van der Waals surface area contributed by atoms with Gasteiger partial charge in [-0.15, -0.1) is 0 Å². The molecule has 0 fully saturated rings. The predicted molar refractivity (Wildman–Crippen MR) is 62.5 cm³/mol. The fourth-order valence-electron chi connectivity index (χ4n) is 1.87. The molecule has 1 nitrogen and oxygen atoms in total. The number of benzene rings is 1. The van der Waals surface area contributed by atoms with E-state index in [4.69, 9.17) is 5.73 Å². The maximum absolute atomic E-state index is 13.1. The van der Waals surface area contributed by atoms with Crippen LogP contribution >= 0.6 is 0 Å². The van der Waals surface area contributed by atoms with E-state index in [-0.39, 0.29) is 5.56 Å². The molecule has 0 amide bonds. The largest absolute Gasteiger partial charge is 0.416 e. The Bertz CT molecular complexity index is 387. The topological polar surface area (TPSA) is 26.0 Å². The molecule has 2 N–H and O–H groups in total. The molecule has 5 heteroatoms. The highest BCUT2D eigenvalue weighted by Crippen LogP contribution is 2.35. The summed E-state index contributed by atoms with van der Waals surface area (Å²) in [5.41, 5.74) is 4.74. The number of halogens is 4. The molecule has 0 bridgehead atoms. The van der Waals surface area contributed by atoms with Gasteiger partial charge in [-0.05, 0) is 30.2 Å². The summed E-state index contributed by atoms with van der Waals surface area (Å²) in [6.45, 7) is 1.99. The van der Waals surface area contributed by atoms with Crippen LogP contribution in [0.5, 0.6) is 0 Å². The molecule has 18 heavy (non-hydrogen) atoms. The fraction of sp³-hybridized carbons (Fsp3) is 0.538. The van der Waals surface area contributed by atoms with Gasteiger partial charge >= 0.3 is 6.18 Å². The molecule has 102 valence electrons. The van der Waals surface area contributed by atoms with Crippen molar-refractivity contribution in [3.63, 3.8) is 0 Å². The zero-order valence-electron chi connectivity index (χ0n) is 10.2. The summed E-state index contributed by atoms with van der Waals surface area (Å²) < 4.78 is 51.3. The summed E-state index contributed by atoms with van der Waals surface area (Å²) in [6.07, 6.45) is -1.45. The van der Waals surface area contributed by atoms with Gasteiger partial charge in [0.2, 0.25) is 0 Å². The molecule has 0 aromatic heterocycles. The predicted octanol–water partition coefficient (Wildman–Crippen LogP) is 4.42. The van der Waals surface area contributed by atoms with Crippen molar-refractivity contribution in [3.05, 3.63) is 35.1 Å². The molecular weight excluding hydrogens is 246 g/mol. The first-order valence-corrected chi connectivity index (χ1v) is 5.98. The molecule has 1 aromatic carbocycles. The monoisotopic (exact) mass is 263 g/mol. The second-order valence-electron chi connectivity index (χ2n) is 4.33. The smallest absolute Gasteiger partial charge is 0.324 e. The number of nitrogens with two attached hydrogens (primary N) is 1. The van der Waals surface area contributed by atoms with E-state index in [0.717, 1.165) is 37.5 Å². The van der Waals surface area contributed by atoms with Crippen molar-refractivity contribution >= 4 is 0 Å². The third-order valence-corrected chi connectivity index (χ3v) is 2.84. The fourth-order valence-corrected chi connectivity index (χ4v) is 1.87. The Labute approximate surface area is 104 Å². The Morgan fingerprint density at radius 1 is 1.22 bits per heavy atom. The van der Waals surface area contributed by atoms with Gasteiger partial charge in [-0.25, -0.2) is 4.39 Å². The molecule has 1 atom stereocenters. The lowest BCUT2D eigenvalue weighted by molar-refractivity contribution is -0.138. The van der Waals surface area contributed by atoms with Gasteiger partial charge in [-0.3, -0.25) is 0 Å². The zero-order valence-corrected chi connectivity index (χ0v) is 10.2. The van der Waals surface area contributed by atoms with Gasteiger partial charge in [-0.2, -0.15) is 13.2 Å². The van der Waals surface area contributed by atoms with Crippen molar-refractivity contribution in [1.82, 2.24) is 0 Å². The molecule has 0 aliphatic rings. The Morgan fingerprint density at radius 2 is 1.89 bits per heavy atom. The third kappa shape index (κ3) is 3.98. The Morgan fingerprint density at radius 3 is 2.44 bits per heavy atom. The molecule has 0 radical (unpaired) electrons. The van der Waals surface area contributed by atoms with Gasteiger partial charge in [0.25, 0.3) is 0 Å². The van der Waals surface area contributed by atoms with Crippen molar-refractivity contribution in [1.29, 1.82) is 0 Å². The van der Waals surface area contributed by atoms with Crippen LogP contribution in [0.25, 0.3) is 0 Å². The molecule has 0 saturated heterocycles. The molecule has 0 spiro atoms. The highest BCUT2D eigenvalue weighted by atomic mass is 19.4. The number of hydrogen-bond donors (Lipinski definition) is 1. The van der Waals surface area contributed by atoms with Gasteiger partial charge in [0, 0.05) is 6.04 Å². The Hall–Kier alpha value is -1.10. The van der Waals surface area contributed by atoms with Crippen molar-refractivity contribution in [3.8, 4) is 0 Å². The van der Waals surface area contributed by atoms with E-state index in [1.807, 2.05) is 6.92 Å². The minimum Gasteiger partial charge on any atom is -0.324 e. The Balaban J connectivity index is 2.94. The van der Waals surface area contributed by atoms with Crippen LogP contribution in [0.4, 0.5) is 17.6 Å². The second kappa shape index (κ2) is 6.18. The van der Waals surface area contributed by atoms with E-state index in [1.54, 1.807) is 0 Å². The van der Waals surface area contributed by atoms with Crippen molar-refractivity contribution < 1.29 is 17.6 Å². The summed E-state index contributed by atoms with van der Waals surface area (Å²) in [4.78, 5) is 0. The zero-order chi connectivity index (χ0) is 13.8. The third-order valence-electron chi connectivity index (χ3n) is 2.84. The molecule has 0 aliphatic heterocycles. The molecule has 0 unspecified atom stereocenters. The number of rotatable bonds is 5. The van der Waals surface area contributed by atoms with Gasteiger partial charge in [-0.1, -0.05) is 26.2 Å². The normalized spacial score (nSPS) is 13.7. The van der Waals surface area contributed by atoms with E-state index in [2.05, 4.69) is 0 Å². The average molecular weight is 263 g/mol. The SMILES string of the molecule is CCCCC[C@@H](N)c1cc(F)ccc1C(F)(F)F. The van der Waals surface area contributed by atoms with Crippen molar-refractivity contribution in [2.24, 2.45) is 5.73 Å². The van der Waals surface area contributed by atoms with Gasteiger partial charge in [0.15, 0.2) is 0 Å². The van der Waals surface area contributed by atoms with Crippen LogP contribution in [-0.4, -0.2) is 0 Å². The summed E-state index contributed by atoms with van der Waals surface area (Å²) in [5, 5.41) is 0. The minimum atomic E-state index is -4.49. The molecule has 1 rings (SSSR count). The lowest BCUT2D eigenvalue weighted by Gasteiger charge is -2.18. The van der Waals surface area contributed by atoms with Crippen LogP contribution in [0.15, 0.2) is 18.2 Å². The Kier molecular flexibility index (Phi) is 5.14. The average Bonchev–Trinajstić information content (AvgIpc) is 2.27. The quantitative estimate of drug-likeness (QED) is 0.617. The summed E-state index contributed by atoms with van der Waals surface area (Å²) in [5.74, 6) is -0.691. The van der Waals surface area contributed by atoms with E-state index >= 15 is 0 Å². The standard InChI is InChI=1S/C13H17F4N/c1-2-3-4-5-12(18)10-8-9(14)6-7-11(10)13(15,16)17/h6-8,12H,2-5,18H2,1H3/t12-/m1/s1. The van der Waals surface area contributed by atoms with Gasteiger partial charge in [0.05, 0.1) is 5.56 Å². The van der Waals surface area contributed by atoms with Crippen LogP contribution in [-0.2, 0) is 6.18 Å². The van der Waals surface area contributed by atoms with Crippen LogP contribution in [0.1, 0.15) is 49.8 Å². The highest BCUT2D eigenvalue weighted by Gasteiger charge is 2.34. The van der Waals surface area contributed by atoms with E-state index in [9.17, 15) is 17.6 Å². The van der Waals surface area contributed by atoms with Crippen molar-refractivity contribution in [2.45, 2.75) is 44.8 Å². The molecule has 0 saturated carbocycles. The first-order valence-electron chi connectivity index (χ1n) is 5.98.